The van der Waals surface area contributed by atoms with Gasteiger partial charge in [0.1, 0.15) is 5.82 Å². The summed E-state index contributed by atoms with van der Waals surface area (Å²) < 4.78 is 0. The second kappa shape index (κ2) is 13.1. The summed E-state index contributed by atoms with van der Waals surface area (Å²) in [6, 6.07) is 15.7. The van der Waals surface area contributed by atoms with Gasteiger partial charge in [-0.2, -0.15) is 0 Å². The number of amides is 1. The normalized spacial score (nSPS) is 17.4. The van der Waals surface area contributed by atoms with Gasteiger partial charge in [-0.25, -0.2) is 4.98 Å². The lowest BCUT2D eigenvalue weighted by Gasteiger charge is -2.43. The Morgan fingerprint density at radius 2 is 1.51 bits per heavy atom. The van der Waals surface area contributed by atoms with E-state index in [4.69, 9.17) is 46.4 Å². The maximum Gasteiger partial charge on any atom is 0.228 e. The molecule has 0 aliphatic carbocycles. The van der Waals surface area contributed by atoms with Crippen molar-refractivity contribution in [2.45, 2.75) is 31.8 Å². The van der Waals surface area contributed by atoms with Crippen molar-refractivity contribution in [1.82, 2.24) is 14.8 Å². The van der Waals surface area contributed by atoms with Gasteiger partial charge in [0.15, 0.2) is 0 Å². The number of piperidine rings is 1. The molecular formula is C29H31Cl4N5O. The molecule has 2 saturated heterocycles. The van der Waals surface area contributed by atoms with Gasteiger partial charge in [0, 0.05) is 43.8 Å². The molecule has 3 aromatic rings. The number of nitrogens with zero attached hydrogens (tertiary/aromatic N) is 4. The number of carbonyl (C=O) groups excluding carboxylic acids is 1. The van der Waals surface area contributed by atoms with Gasteiger partial charge in [0.2, 0.25) is 5.91 Å². The third kappa shape index (κ3) is 7.57. The van der Waals surface area contributed by atoms with E-state index in [-0.39, 0.29) is 12.3 Å². The van der Waals surface area contributed by atoms with Crippen molar-refractivity contribution in [3.8, 4) is 0 Å². The van der Waals surface area contributed by atoms with Crippen LogP contribution >= 0.6 is 46.4 Å². The predicted octanol–water partition coefficient (Wildman–Crippen LogP) is 6.66. The van der Waals surface area contributed by atoms with Gasteiger partial charge in [-0.3, -0.25) is 14.6 Å². The van der Waals surface area contributed by atoms with Crippen LogP contribution in [0.1, 0.15) is 24.0 Å². The van der Waals surface area contributed by atoms with E-state index < -0.39 is 0 Å². The SMILES string of the molecule is O=C(Cc1ccc(Cl)c(Cl)c1)Nc1cnc(N2CCN(C3CCN(Cc4ccc(Cl)cc4)CC3)CC2)c(Cl)c1. The molecule has 1 amide bonds. The molecule has 10 heteroatoms. The maximum absolute atomic E-state index is 12.5. The first-order valence-electron chi connectivity index (χ1n) is 13.2. The quantitative estimate of drug-likeness (QED) is 0.326. The Morgan fingerprint density at radius 1 is 0.821 bits per heavy atom. The van der Waals surface area contributed by atoms with Crippen molar-refractivity contribution in [2.24, 2.45) is 0 Å². The Kier molecular flexibility index (Phi) is 9.54. The van der Waals surface area contributed by atoms with E-state index in [0.717, 1.165) is 62.2 Å². The van der Waals surface area contributed by atoms with Crippen molar-refractivity contribution in [3.63, 3.8) is 0 Å². The van der Waals surface area contributed by atoms with Crippen LogP contribution in [-0.4, -0.2) is 66.0 Å². The number of likely N-dealkylation sites (tertiary alicyclic amines) is 1. The highest BCUT2D eigenvalue weighted by Crippen LogP contribution is 2.29. The highest BCUT2D eigenvalue weighted by molar-refractivity contribution is 6.42. The molecule has 206 valence electrons. The highest BCUT2D eigenvalue weighted by Gasteiger charge is 2.28. The highest BCUT2D eigenvalue weighted by atomic mass is 35.5. The zero-order valence-electron chi connectivity index (χ0n) is 21.6. The summed E-state index contributed by atoms with van der Waals surface area (Å²) >= 11 is 24.6. The molecule has 0 radical (unpaired) electrons. The fraction of sp³-hybridized carbons (Fsp3) is 0.379. The Morgan fingerprint density at radius 3 is 2.18 bits per heavy atom. The molecular weight excluding hydrogens is 576 g/mol. The van der Waals surface area contributed by atoms with Crippen molar-refractivity contribution < 1.29 is 4.79 Å². The molecule has 2 aliphatic heterocycles. The van der Waals surface area contributed by atoms with Gasteiger partial charge < -0.3 is 10.2 Å². The van der Waals surface area contributed by atoms with Gasteiger partial charge in [0.25, 0.3) is 0 Å². The maximum atomic E-state index is 12.5. The Balaban J connectivity index is 1.08. The number of piperazine rings is 1. The molecule has 0 spiro atoms. The van der Waals surface area contributed by atoms with Crippen LogP contribution < -0.4 is 10.2 Å². The van der Waals surface area contributed by atoms with Crippen LogP contribution in [0.5, 0.6) is 0 Å². The van der Waals surface area contributed by atoms with E-state index in [2.05, 4.69) is 37.1 Å². The van der Waals surface area contributed by atoms with Gasteiger partial charge >= 0.3 is 0 Å². The van der Waals surface area contributed by atoms with Gasteiger partial charge in [-0.05, 0) is 67.4 Å². The number of hydrogen-bond donors (Lipinski definition) is 1. The molecule has 6 nitrogen and oxygen atoms in total. The molecule has 2 aromatic carbocycles. The number of benzene rings is 2. The minimum absolute atomic E-state index is 0.174. The number of hydrogen-bond acceptors (Lipinski definition) is 5. The summed E-state index contributed by atoms with van der Waals surface area (Å²) in [7, 11) is 0. The first-order valence-corrected chi connectivity index (χ1v) is 14.7. The van der Waals surface area contributed by atoms with Crippen LogP contribution in [0.15, 0.2) is 54.7 Å². The van der Waals surface area contributed by atoms with Crippen molar-refractivity contribution in [3.05, 3.63) is 85.9 Å². The molecule has 2 aliphatic rings. The molecule has 0 bridgehead atoms. The lowest BCUT2D eigenvalue weighted by molar-refractivity contribution is -0.115. The Hall–Kier alpha value is -2.06. The fourth-order valence-electron chi connectivity index (χ4n) is 5.36. The van der Waals surface area contributed by atoms with Crippen molar-refractivity contribution in [1.29, 1.82) is 0 Å². The minimum atomic E-state index is -0.174. The summed E-state index contributed by atoms with van der Waals surface area (Å²) in [4.78, 5) is 24.5. The number of pyridine rings is 1. The molecule has 0 saturated carbocycles. The number of aromatic nitrogens is 1. The molecule has 0 atom stereocenters. The van der Waals surface area contributed by atoms with Gasteiger partial charge in [-0.1, -0.05) is 64.6 Å². The van der Waals surface area contributed by atoms with Crippen molar-refractivity contribution >= 4 is 63.8 Å². The van der Waals surface area contributed by atoms with E-state index in [1.165, 1.54) is 18.4 Å². The third-order valence-corrected chi connectivity index (χ3v) is 8.73. The topological polar surface area (TPSA) is 51.7 Å². The minimum Gasteiger partial charge on any atom is -0.353 e. The summed E-state index contributed by atoms with van der Waals surface area (Å²) in [5.41, 5.74) is 2.66. The third-order valence-electron chi connectivity index (χ3n) is 7.46. The second-order valence-corrected chi connectivity index (χ2v) is 11.8. The largest absolute Gasteiger partial charge is 0.353 e. The molecule has 0 unspecified atom stereocenters. The second-order valence-electron chi connectivity index (χ2n) is 10.2. The first kappa shape index (κ1) is 28.5. The summed E-state index contributed by atoms with van der Waals surface area (Å²) in [5.74, 6) is 0.586. The van der Waals surface area contributed by atoms with Crippen LogP contribution in [0, 0.1) is 0 Å². The van der Waals surface area contributed by atoms with E-state index in [1.807, 2.05) is 12.1 Å². The van der Waals surface area contributed by atoms with E-state index >= 15 is 0 Å². The van der Waals surface area contributed by atoms with E-state index in [1.54, 1.807) is 30.5 Å². The van der Waals surface area contributed by atoms with Gasteiger partial charge in [-0.15, -0.1) is 0 Å². The smallest absolute Gasteiger partial charge is 0.228 e. The molecule has 3 heterocycles. The average Bonchev–Trinajstić information content (AvgIpc) is 2.93. The Bertz CT molecular complexity index is 1290. The zero-order valence-corrected chi connectivity index (χ0v) is 24.6. The summed E-state index contributed by atoms with van der Waals surface area (Å²) in [6.07, 6.45) is 4.21. The number of nitrogens with one attached hydrogen (secondary N) is 1. The van der Waals surface area contributed by atoms with Crippen molar-refractivity contribution in [2.75, 3.05) is 49.5 Å². The number of carbonyl (C=O) groups is 1. The summed E-state index contributed by atoms with van der Waals surface area (Å²) in [6.45, 7) is 6.93. The number of rotatable bonds is 7. The van der Waals surface area contributed by atoms with Crippen LogP contribution in [-0.2, 0) is 17.8 Å². The monoisotopic (exact) mass is 605 g/mol. The standard InChI is InChI=1S/C29H31Cl4N5O/c30-22-4-1-20(2-5-22)19-36-9-7-24(8-10-36)37-11-13-38(14-12-37)29-27(33)17-23(18-34-29)35-28(39)16-21-3-6-25(31)26(32)15-21/h1-6,15,17-18,24H,7-14,16,19H2,(H,35,39). The molecule has 39 heavy (non-hydrogen) atoms. The lowest BCUT2D eigenvalue weighted by Crippen LogP contribution is -2.53. The fourth-order valence-corrected chi connectivity index (χ4v) is 6.09. The Labute approximate surface area is 249 Å². The van der Waals surface area contributed by atoms with Crippen LogP contribution in [0.4, 0.5) is 11.5 Å². The number of halogens is 4. The molecule has 1 N–H and O–H groups in total. The van der Waals surface area contributed by atoms with Crippen LogP contribution in [0.25, 0.3) is 0 Å². The zero-order chi connectivity index (χ0) is 27.4. The number of anilines is 2. The van der Waals surface area contributed by atoms with Crippen LogP contribution in [0.2, 0.25) is 20.1 Å². The lowest BCUT2D eigenvalue weighted by atomic mass is 10.0. The van der Waals surface area contributed by atoms with Crippen LogP contribution in [0.3, 0.4) is 0 Å². The van der Waals surface area contributed by atoms with E-state index in [9.17, 15) is 4.79 Å². The predicted molar refractivity (Wildman–Crippen MR) is 162 cm³/mol. The van der Waals surface area contributed by atoms with E-state index in [0.29, 0.717) is 26.8 Å². The molecule has 1 aromatic heterocycles. The first-order chi connectivity index (χ1) is 18.8. The molecule has 5 rings (SSSR count). The summed E-state index contributed by atoms with van der Waals surface area (Å²) in [5, 5.41) is 5.07. The molecule has 2 fully saturated rings. The average molecular weight is 607 g/mol. The van der Waals surface area contributed by atoms with Gasteiger partial charge in [0.05, 0.1) is 33.4 Å².